The van der Waals surface area contributed by atoms with E-state index in [-0.39, 0.29) is 34.5 Å². The molecule has 0 saturated carbocycles. The van der Waals surface area contributed by atoms with Crippen molar-refractivity contribution >= 4 is 27.2 Å². The number of esters is 1. The Morgan fingerprint density at radius 3 is 2.75 bits per heavy atom. The Bertz CT molecular complexity index is 645. The molecule has 20 heavy (non-hydrogen) atoms. The summed E-state index contributed by atoms with van der Waals surface area (Å²) in [5.74, 6) is -1.29. The predicted molar refractivity (Wildman–Crippen MR) is 72.8 cm³/mol. The Morgan fingerprint density at radius 2 is 2.20 bits per heavy atom. The van der Waals surface area contributed by atoms with Gasteiger partial charge in [0.1, 0.15) is 5.82 Å². The highest BCUT2D eigenvalue weighted by Gasteiger charge is 2.28. The minimum Gasteiger partial charge on any atom is -0.465 e. The van der Waals surface area contributed by atoms with Crippen LogP contribution in [0, 0.1) is 5.82 Å². The molecule has 1 saturated heterocycles. The molecule has 0 amide bonds. The number of sulfone groups is 1. The summed E-state index contributed by atoms with van der Waals surface area (Å²) < 4.78 is 41.1. The molecular formula is C12H15FN2O4S. The number of methoxy groups -OCH3 is 1. The summed E-state index contributed by atoms with van der Waals surface area (Å²) in [6, 6.07) is 1.88. The minimum atomic E-state index is -3.07. The largest absolute Gasteiger partial charge is 0.465 e. The molecule has 3 N–H and O–H groups in total. The molecule has 6 nitrogen and oxygen atoms in total. The Labute approximate surface area is 116 Å². The molecule has 1 aliphatic rings. The highest BCUT2D eigenvalue weighted by Crippen LogP contribution is 2.25. The smallest absolute Gasteiger partial charge is 0.340 e. The van der Waals surface area contributed by atoms with Crippen molar-refractivity contribution in [3.05, 3.63) is 23.5 Å². The zero-order chi connectivity index (χ0) is 14.9. The van der Waals surface area contributed by atoms with Gasteiger partial charge in [-0.05, 0) is 18.6 Å². The molecule has 1 atom stereocenters. The average molecular weight is 302 g/mol. The van der Waals surface area contributed by atoms with E-state index in [0.717, 1.165) is 6.07 Å². The van der Waals surface area contributed by atoms with Crippen LogP contribution < -0.4 is 11.1 Å². The van der Waals surface area contributed by atoms with Crippen molar-refractivity contribution in [2.45, 2.75) is 12.5 Å². The van der Waals surface area contributed by atoms with Crippen LogP contribution in [0.3, 0.4) is 0 Å². The van der Waals surface area contributed by atoms with E-state index in [4.69, 9.17) is 5.73 Å². The molecule has 0 bridgehead atoms. The number of halogens is 1. The summed E-state index contributed by atoms with van der Waals surface area (Å²) in [7, 11) is -1.87. The molecule has 0 aromatic heterocycles. The Morgan fingerprint density at radius 1 is 1.50 bits per heavy atom. The van der Waals surface area contributed by atoms with Crippen LogP contribution in [0.2, 0.25) is 0 Å². The molecule has 1 heterocycles. The lowest BCUT2D eigenvalue weighted by Gasteiger charge is -2.15. The first-order chi connectivity index (χ1) is 9.32. The van der Waals surface area contributed by atoms with Gasteiger partial charge in [0.05, 0.1) is 29.9 Å². The van der Waals surface area contributed by atoms with Gasteiger partial charge < -0.3 is 15.8 Å². The molecule has 0 radical (unpaired) electrons. The third-order valence-electron chi connectivity index (χ3n) is 3.14. The number of benzene rings is 1. The van der Waals surface area contributed by atoms with Crippen molar-refractivity contribution < 1.29 is 22.3 Å². The van der Waals surface area contributed by atoms with Crippen LogP contribution in [0.15, 0.2) is 12.1 Å². The average Bonchev–Trinajstić information content (AvgIpc) is 2.71. The van der Waals surface area contributed by atoms with Crippen molar-refractivity contribution in [3.8, 4) is 0 Å². The van der Waals surface area contributed by atoms with Gasteiger partial charge in [-0.2, -0.15) is 0 Å². The second-order valence-electron chi connectivity index (χ2n) is 4.66. The maximum Gasteiger partial charge on any atom is 0.340 e. The van der Waals surface area contributed by atoms with Gasteiger partial charge >= 0.3 is 5.97 Å². The van der Waals surface area contributed by atoms with Gasteiger partial charge in [0.2, 0.25) is 0 Å². The zero-order valence-corrected chi connectivity index (χ0v) is 11.7. The fourth-order valence-electron chi connectivity index (χ4n) is 2.11. The Kier molecular flexibility index (Phi) is 3.85. The summed E-state index contributed by atoms with van der Waals surface area (Å²) in [4.78, 5) is 11.5. The fourth-order valence-corrected chi connectivity index (χ4v) is 3.79. The summed E-state index contributed by atoms with van der Waals surface area (Å²) in [6.07, 6.45) is 0.402. The number of nitrogens with two attached hydrogens (primary N) is 1. The zero-order valence-electron chi connectivity index (χ0n) is 10.8. The third kappa shape index (κ3) is 3.01. The van der Waals surface area contributed by atoms with Crippen LogP contribution in [0.25, 0.3) is 0 Å². The lowest BCUT2D eigenvalue weighted by Crippen LogP contribution is -2.21. The second kappa shape index (κ2) is 5.28. The van der Waals surface area contributed by atoms with Gasteiger partial charge in [-0.1, -0.05) is 0 Å². The van der Waals surface area contributed by atoms with Crippen LogP contribution in [-0.4, -0.2) is 39.0 Å². The topological polar surface area (TPSA) is 98.5 Å². The van der Waals surface area contributed by atoms with Crippen molar-refractivity contribution in [2.75, 3.05) is 29.7 Å². The lowest BCUT2D eigenvalue weighted by molar-refractivity contribution is 0.0602. The van der Waals surface area contributed by atoms with Crippen LogP contribution in [0.4, 0.5) is 15.8 Å². The number of anilines is 2. The van der Waals surface area contributed by atoms with E-state index in [1.165, 1.54) is 13.2 Å². The summed E-state index contributed by atoms with van der Waals surface area (Å²) in [5.41, 5.74) is 5.61. The van der Waals surface area contributed by atoms with Crippen molar-refractivity contribution in [2.24, 2.45) is 0 Å². The predicted octanol–water partition coefficient (Wildman–Crippen LogP) is 0.794. The van der Waals surface area contributed by atoms with E-state index in [9.17, 15) is 17.6 Å². The van der Waals surface area contributed by atoms with E-state index in [2.05, 4.69) is 10.1 Å². The first-order valence-corrected chi connectivity index (χ1v) is 7.79. The first kappa shape index (κ1) is 14.6. The van der Waals surface area contributed by atoms with Gasteiger partial charge in [0, 0.05) is 11.7 Å². The molecule has 110 valence electrons. The molecule has 0 aliphatic carbocycles. The fraction of sp³-hybridized carbons (Fsp3) is 0.417. The monoisotopic (exact) mass is 302 g/mol. The molecular weight excluding hydrogens is 287 g/mol. The van der Waals surface area contributed by atoms with E-state index in [0.29, 0.717) is 6.42 Å². The normalized spacial score (nSPS) is 20.6. The molecule has 2 rings (SSSR count). The number of carbonyl (C=O) groups is 1. The first-order valence-electron chi connectivity index (χ1n) is 5.96. The standard InChI is InChI=1S/C12H15FN2O4S/c1-19-12(16)8-4-11(9(13)5-10(8)14)15-7-2-3-20(17,18)6-7/h4-5,7,15H,2-3,6,14H2,1H3. The number of carbonyl (C=O) groups excluding carboxylic acids is 1. The van der Waals surface area contributed by atoms with Crippen LogP contribution >= 0.6 is 0 Å². The van der Waals surface area contributed by atoms with Crippen LogP contribution in [0.1, 0.15) is 16.8 Å². The number of nitrogen functional groups attached to an aromatic ring is 1. The SMILES string of the molecule is COC(=O)c1cc(NC2CCS(=O)(=O)C2)c(F)cc1N. The van der Waals surface area contributed by atoms with Gasteiger partial charge in [-0.3, -0.25) is 0 Å². The maximum atomic E-state index is 13.8. The van der Waals surface area contributed by atoms with E-state index < -0.39 is 21.6 Å². The van der Waals surface area contributed by atoms with E-state index in [1.54, 1.807) is 0 Å². The number of hydrogen-bond donors (Lipinski definition) is 2. The van der Waals surface area contributed by atoms with E-state index in [1.807, 2.05) is 0 Å². The minimum absolute atomic E-state index is 0.0288. The highest BCUT2D eigenvalue weighted by molar-refractivity contribution is 7.91. The maximum absolute atomic E-state index is 13.8. The molecule has 0 spiro atoms. The number of hydrogen-bond acceptors (Lipinski definition) is 6. The number of nitrogens with one attached hydrogen (secondary N) is 1. The van der Waals surface area contributed by atoms with Crippen molar-refractivity contribution in [1.82, 2.24) is 0 Å². The van der Waals surface area contributed by atoms with Crippen LogP contribution in [0.5, 0.6) is 0 Å². The number of rotatable bonds is 3. The van der Waals surface area contributed by atoms with Crippen molar-refractivity contribution in [3.63, 3.8) is 0 Å². The lowest BCUT2D eigenvalue weighted by atomic mass is 10.1. The molecule has 8 heteroatoms. The van der Waals surface area contributed by atoms with Gasteiger partial charge in [-0.15, -0.1) is 0 Å². The summed E-state index contributed by atoms with van der Waals surface area (Å²) >= 11 is 0. The molecule has 1 unspecified atom stereocenters. The van der Waals surface area contributed by atoms with Gasteiger partial charge in [-0.25, -0.2) is 17.6 Å². The molecule has 1 aromatic rings. The quantitative estimate of drug-likeness (QED) is 0.633. The van der Waals surface area contributed by atoms with Gasteiger partial charge in [0.15, 0.2) is 9.84 Å². The van der Waals surface area contributed by atoms with Crippen LogP contribution in [-0.2, 0) is 14.6 Å². The number of ether oxygens (including phenoxy) is 1. The summed E-state index contributed by atoms with van der Waals surface area (Å²) in [6.45, 7) is 0. The highest BCUT2D eigenvalue weighted by atomic mass is 32.2. The second-order valence-corrected chi connectivity index (χ2v) is 6.88. The molecule has 1 fully saturated rings. The van der Waals surface area contributed by atoms with Gasteiger partial charge in [0.25, 0.3) is 0 Å². The third-order valence-corrected chi connectivity index (χ3v) is 4.90. The molecule has 1 aromatic carbocycles. The van der Waals surface area contributed by atoms with E-state index >= 15 is 0 Å². The Hall–Kier alpha value is -1.83. The van der Waals surface area contributed by atoms with Crippen molar-refractivity contribution in [1.29, 1.82) is 0 Å². The summed E-state index contributed by atoms with van der Waals surface area (Å²) in [5, 5.41) is 2.79. The molecule has 1 aliphatic heterocycles. The Balaban J connectivity index is 2.26.